The molecular weight excluding hydrogens is 282 g/mol. The Balaban J connectivity index is 1.75. The second-order valence-corrected chi connectivity index (χ2v) is 5.87. The topological polar surface area (TPSA) is 75.9 Å². The molecule has 0 radical (unpaired) electrons. The maximum atomic E-state index is 12.4. The molecule has 0 spiro atoms. The number of hydrogen-bond acceptors (Lipinski definition) is 4. The Morgan fingerprint density at radius 3 is 3.00 bits per heavy atom. The Kier molecular flexibility index (Phi) is 4.13. The van der Waals surface area contributed by atoms with Crippen molar-refractivity contribution in [1.82, 2.24) is 14.7 Å². The van der Waals surface area contributed by atoms with Gasteiger partial charge in [0.25, 0.3) is 5.91 Å². The Labute approximate surface area is 129 Å². The number of pyridine rings is 1. The lowest BCUT2D eigenvalue weighted by Crippen LogP contribution is -2.51. The van der Waals surface area contributed by atoms with Crippen molar-refractivity contribution in [1.29, 1.82) is 0 Å². The molecule has 118 valence electrons. The Morgan fingerprint density at radius 1 is 1.41 bits per heavy atom. The molecule has 0 aliphatic heterocycles. The molecule has 6 heteroatoms. The van der Waals surface area contributed by atoms with Crippen LogP contribution in [0.3, 0.4) is 0 Å². The summed E-state index contributed by atoms with van der Waals surface area (Å²) < 4.78 is 7.09. The fraction of sp³-hybridized carbons (Fsp3) is 0.500. The first kappa shape index (κ1) is 15.0. The number of ether oxygens (including phenoxy) is 1. The molecular formula is C16H21N3O3. The number of nitrogens with zero attached hydrogens (tertiary/aromatic N) is 2. The van der Waals surface area contributed by atoms with Crippen LogP contribution in [0.5, 0.6) is 0 Å². The molecule has 1 amide bonds. The van der Waals surface area contributed by atoms with Crippen LogP contribution < -0.4 is 5.32 Å². The summed E-state index contributed by atoms with van der Waals surface area (Å²) in [5.74, 6) is -0.262. The van der Waals surface area contributed by atoms with Crippen molar-refractivity contribution in [3.63, 3.8) is 0 Å². The van der Waals surface area contributed by atoms with E-state index < -0.39 is 6.10 Å². The third-order valence-electron chi connectivity index (χ3n) is 4.25. The van der Waals surface area contributed by atoms with E-state index in [0.29, 0.717) is 5.69 Å². The van der Waals surface area contributed by atoms with Crippen LogP contribution in [0.2, 0.25) is 0 Å². The van der Waals surface area contributed by atoms with Gasteiger partial charge in [0.05, 0.1) is 12.1 Å². The van der Waals surface area contributed by atoms with Crippen LogP contribution in [0, 0.1) is 6.92 Å². The summed E-state index contributed by atoms with van der Waals surface area (Å²) >= 11 is 0. The van der Waals surface area contributed by atoms with Gasteiger partial charge in [-0.1, -0.05) is 6.07 Å². The highest BCUT2D eigenvalue weighted by molar-refractivity contribution is 5.93. The van der Waals surface area contributed by atoms with Crippen molar-refractivity contribution in [3.8, 4) is 0 Å². The van der Waals surface area contributed by atoms with E-state index in [4.69, 9.17) is 4.74 Å². The molecule has 22 heavy (non-hydrogen) atoms. The van der Waals surface area contributed by atoms with Crippen molar-refractivity contribution in [3.05, 3.63) is 35.8 Å². The fourth-order valence-electron chi connectivity index (χ4n) is 3.01. The standard InChI is InChI=1S/C16H21N3O3/c1-10-6-7-14-17-12(9-19(14)8-10)16(21)18-11-4-3-5-13(22-2)15(11)20/h6-9,11,13,15,20H,3-5H2,1-2H3,(H,18,21)/t11-,13-,15-/m1/s1. The van der Waals surface area contributed by atoms with Gasteiger partial charge in [0.1, 0.15) is 17.4 Å². The van der Waals surface area contributed by atoms with E-state index in [-0.39, 0.29) is 18.1 Å². The molecule has 1 saturated carbocycles. The summed E-state index contributed by atoms with van der Waals surface area (Å²) in [6, 6.07) is 3.54. The van der Waals surface area contributed by atoms with Crippen LogP contribution in [0.25, 0.3) is 5.65 Å². The molecule has 1 aliphatic rings. The van der Waals surface area contributed by atoms with Crippen molar-refractivity contribution in [2.24, 2.45) is 0 Å². The highest BCUT2D eigenvalue weighted by Crippen LogP contribution is 2.21. The van der Waals surface area contributed by atoms with E-state index in [0.717, 1.165) is 30.5 Å². The largest absolute Gasteiger partial charge is 0.388 e. The minimum absolute atomic E-state index is 0.220. The lowest BCUT2D eigenvalue weighted by atomic mass is 9.90. The van der Waals surface area contributed by atoms with Gasteiger partial charge in [0, 0.05) is 19.5 Å². The smallest absolute Gasteiger partial charge is 0.271 e. The van der Waals surface area contributed by atoms with Crippen molar-refractivity contribution >= 4 is 11.6 Å². The van der Waals surface area contributed by atoms with Gasteiger partial charge in [-0.15, -0.1) is 0 Å². The molecule has 3 atom stereocenters. The maximum Gasteiger partial charge on any atom is 0.271 e. The van der Waals surface area contributed by atoms with Crippen LogP contribution in [-0.2, 0) is 4.74 Å². The van der Waals surface area contributed by atoms with Crippen LogP contribution in [0.1, 0.15) is 35.3 Å². The summed E-state index contributed by atoms with van der Waals surface area (Å²) in [5, 5.41) is 13.1. The molecule has 0 unspecified atom stereocenters. The van der Waals surface area contributed by atoms with Gasteiger partial charge in [-0.3, -0.25) is 4.79 Å². The fourth-order valence-corrected chi connectivity index (χ4v) is 3.01. The number of hydrogen-bond donors (Lipinski definition) is 2. The first-order chi connectivity index (χ1) is 10.6. The van der Waals surface area contributed by atoms with E-state index in [2.05, 4.69) is 10.3 Å². The van der Waals surface area contributed by atoms with Crippen molar-refractivity contribution < 1.29 is 14.6 Å². The van der Waals surface area contributed by atoms with Crippen LogP contribution in [0.4, 0.5) is 0 Å². The van der Waals surface area contributed by atoms with E-state index in [9.17, 15) is 9.90 Å². The van der Waals surface area contributed by atoms with Crippen LogP contribution in [0.15, 0.2) is 24.5 Å². The Bertz CT molecular complexity index is 682. The lowest BCUT2D eigenvalue weighted by Gasteiger charge is -2.34. The number of aliphatic hydroxyl groups is 1. The van der Waals surface area contributed by atoms with E-state index in [1.54, 1.807) is 13.3 Å². The molecule has 2 N–H and O–H groups in total. The quantitative estimate of drug-likeness (QED) is 0.896. The zero-order valence-corrected chi connectivity index (χ0v) is 12.8. The second kappa shape index (κ2) is 6.06. The first-order valence-electron chi connectivity index (χ1n) is 7.55. The Morgan fingerprint density at radius 2 is 2.23 bits per heavy atom. The molecule has 6 nitrogen and oxygen atoms in total. The minimum Gasteiger partial charge on any atom is -0.388 e. The number of fused-ring (bicyclic) bond motifs is 1. The number of imidazole rings is 1. The number of aromatic nitrogens is 2. The average Bonchev–Trinajstić information content (AvgIpc) is 2.92. The number of nitrogens with one attached hydrogen (secondary N) is 1. The number of amides is 1. The molecule has 2 aromatic heterocycles. The molecule has 1 fully saturated rings. The summed E-state index contributed by atoms with van der Waals surface area (Å²) in [5.41, 5.74) is 2.19. The zero-order chi connectivity index (χ0) is 15.7. The van der Waals surface area contributed by atoms with Gasteiger partial charge in [-0.2, -0.15) is 0 Å². The third kappa shape index (κ3) is 2.84. The maximum absolute atomic E-state index is 12.4. The molecule has 2 aromatic rings. The number of aliphatic hydroxyl groups excluding tert-OH is 1. The molecule has 1 aliphatic carbocycles. The lowest BCUT2D eigenvalue weighted by molar-refractivity contribution is -0.0513. The normalized spacial score (nSPS) is 25.3. The number of rotatable bonds is 3. The molecule has 0 saturated heterocycles. The van der Waals surface area contributed by atoms with E-state index >= 15 is 0 Å². The Hall–Kier alpha value is -1.92. The number of carbonyl (C=O) groups excluding carboxylic acids is 1. The van der Waals surface area contributed by atoms with Crippen molar-refractivity contribution in [2.75, 3.05) is 7.11 Å². The van der Waals surface area contributed by atoms with Gasteiger partial charge in [-0.25, -0.2) is 4.98 Å². The summed E-state index contributed by atoms with van der Waals surface area (Å²) in [6.45, 7) is 1.99. The zero-order valence-electron chi connectivity index (χ0n) is 12.8. The SMILES string of the molecule is CO[C@@H]1CCC[C@@H](NC(=O)c2cn3cc(C)ccc3n2)[C@H]1O. The average molecular weight is 303 g/mol. The van der Waals surface area contributed by atoms with E-state index in [1.807, 2.05) is 29.7 Å². The number of methoxy groups -OCH3 is 1. The third-order valence-corrected chi connectivity index (χ3v) is 4.25. The summed E-state index contributed by atoms with van der Waals surface area (Å²) in [6.07, 6.45) is 5.22. The molecule has 2 heterocycles. The van der Waals surface area contributed by atoms with Gasteiger partial charge in [0.2, 0.25) is 0 Å². The molecule has 3 rings (SSSR count). The van der Waals surface area contributed by atoms with Crippen LogP contribution in [-0.4, -0.2) is 45.8 Å². The van der Waals surface area contributed by atoms with Gasteiger partial charge < -0.3 is 19.6 Å². The van der Waals surface area contributed by atoms with Crippen molar-refractivity contribution in [2.45, 2.75) is 44.4 Å². The van der Waals surface area contributed by atoms with Gasteiger partial charge >= 0.3 is 0 Å². The highest BCUT2D eigenvalue weighted by Gasteiger charge is 2.33. The first-order valence-corrected chi connectivity index (χ1v) is 7.55. The van der Waals surface area contributed by atoms with E-state index in [1.165, 1.54) is 0 Å². The second-order valence-electron chi connectivity index (χ2n) is 5.87. The number of aryl methyl sites for hydroxylation is 1. The highest BCUT2D eigenvalue weighted by atomic mass is 16.5. The summed E-state index contributed by atoms with van der Waals surface area (Å²) in [7, 11) is 1.59. The predicted molar refractivity (Wildman–Crippen MR) is 81.8 cm³/mol. The summed E-state index contributed by atoms with van der Waals surface area (Å²) in [4.78, 5) is 16.7. The minimum atomic E-state index is -0.679. The molecule has 0 aromatic carbocycles. The number of carbonyl (C=O) groups is 1. The van der Waals surface area contributed by atoms with Gasteiger partial charge in [0.15, 0.2) is 0 Å². The molecule has 0 bridgehead atoms. The van der Waals surface area contributed by atoms with Crippen LogP contribution >= 0.6 is 0 Å². The monoisotopic (exact) mass is 303 g/mol. The predicted octanol–water partition coefficient (Wildman–Crippen LogP) is 1.30. The van der Waals surface area contributed by atoms with Gasteiger partial charge in [-0.05, 0) is 37.8 Å².